The van der Waals surface area contributed by atoms with Crippen molar-refractivity contribution in [2.45, 2.75) is 26.9 Å². The van der Waals surface area contributed by atoms with Gasteiger partial charge in [0.1, 0.15) is 19.0 Å². The van der Waals surface area contributed by atoms with Crippen LogP contribution in [0.15, 0.2) is 4.79 Å². The molecule has 148 valence electrons. The Kier molecular flexibility index (Phi) is 6.34. The van der Waals surface area contributed by atoms with Gasteiger partial charge < -0.3 is 30.2 Å². The first-order valence-corrected chi connectivity index (χ1v) is 8.01. The molecule has 12 heteroatoms. The van der Waals surface area contributed by atoms with Gasteiger partial charge in [-0.25, -0.2) is 4.57 Å². The van der Waals surface area contributed by atoms with Crippen LogP contribution in [0.4, 0.5) is 17.5 Å². The number of ether oxygens (including phenoxy) is 3. The van der Waals surface area contributed by atoms with E-state index in [1.54, 1.807) is 4.90 Å². The standard InChI is InChI=1S/C15H21N5O7/c1-8(21)20-14(24)12-13(18-15(20)16)19(6-17-12)7-25-4-11(27-10(3)23)5-26-9(2)22/h11,17H,4-7H2,1-3H3,(H2,16,18). The quantitative estimate of drug-likeness (QED) is 0.565. The Hall–Kier alpha value is -3.15. The number of anilines is 3. The van der Waals surface area contributed by atoms with Crippen LogP contribution in [0.3, 0.4) is 0 Å². The van der Waals surface area contributed by atoms with Crippen molar-refractivity contribution in [2.24, 2.45) is 0 Å². The largest absolute Gasteiger partial charge is 0.462 e. The minimum atomic E-state index is -0.773. The molecule has 0 aromatic carbocycles. The highest BCUT2D eigenvalue weighted by Gasteiger charge is 2.27. The summed E-state index contributed by atoms with van der Waals surface area (Å²) in [6, 6.07) is 0. The number of nitrogen functional groups attached to an aromatic ring is 1. The fourth-order valence-corrected chi connectivity index (χ4v) is 2.43. The van der Waals surface area contributed by atoms with E-state index in [0.29, 0.717) is 0 Å². The minimum absolute atomic E-state index is 0.00615. The molecule has 2 rings (SSSR count). The molecule has 1 unspecified atom stereocenters. The van der Waals surface area contributed by atoms with Gasteiger partial charge in [0.25, 0.3) is 5.56 Å². The molecule has 2 heterocycles. The predicted molar refractivity (Wildman–Crippen MR) is 93.2 cm³/mol. The zero-order valence-electron chi connectivity index (χ0n) is 15.2. The van der Waals surface area contributed by atoms with Gasteiger partial charge in [-0.15, -0.1) is 0 Å². The van der Waals surface area contributed by atoms with E-state index < -0.39 is 29.5 Å². The smallest absolute Gasteiger partial charge is 0.303 e. The molecule has 1 aliphatic heterocycles. The number of hydrogen-bond acceptors (Lipinski definition) is 11. The molecule has 0 aliphatic carbocycles. The third-order valence-corrected chi connectivity index (χ3v) is 3.51. The Morgan fingerprint density at radius 1 is 1.22 bits per heavy atom. The second-order valence-corrected chi connectivity index (χ2v) is 5.74. The van der Waals surface area contributed by atoms with Crippen LogP contribution in [0.25, 0.3) is 0 Å². The van der Waals surface area contributed by atoms with Gasteiger partial charge in [-0.3, -0.25) is 19.2 Å². The topological polar surface area (TPSA) is 155 Å². The van der Waals surface area contributed by atoms with Crippen molar-refractivity contribution in [1.82, 2.24) is 9.55 Å². The maximum absolute atomic E-state index is 12.3. The summed E-state index contributed by atoms with van der Waals surface area (Å²) in [5.41, 5.74) is 5.23. The molecule has 1 atom stereocenters. The molecule has 0 saturated heterocycles. The summed E-state index contributed by atoms with van der Waals surface area (Å²) in [5, 5.41) is 2.84. The Balaban J connectivity index is 2.02. The number of carbonyl (C=O) groups excluding carboxylic acids is 3. The summed E-state index contributed by atoms with van der Waals surface area (Å²) in [7, 11) is 0. The van der Waals surface area contributed by atoms with Gasteiger partial charge >= 0.3 is 11.9 Å². The summed E-state index contributed by atoms with van der Waals surface area (Å²) < 4.78 is 16.1. The number of nitrogens with zero attached hydrogens (tertiary/aromatic N) is 3. The molecular weight excluding hydrogens is 362 g/mol. The van der Waals surface area contributed by atoms with E-state index in [1.807, 2.05) is 0 Å². The number of fused-ring (bicyclic) bond motifs is 1. The SMILES string of the molecule is CC(=O)OCC(COCN1CNc2c1nc(N)n(C(C)=O)c2=O)OC(C)=O. The lowest BCUT2D eigenvalue weighted by molar-refractivity contribution is -0.159. The van der Waals surface area contributed by atoms with Crippen molar-refractivity contribution in [3.63, 3.8) is 0 Å². The fourth-order valence-electron chi connectivity index (χ4n) is 2.43. The number of nitrogens with one attached hydrogen (secondary N) is 1. The zero-order chi connectivity index (χ0) is 20.1. The van der Waals surface area contributed by atoms with E-state index in [9.17, 15) is 19.2 Å². The highest BCUT2D eigenvalue weighted by molar-refractivity contribution is 5.82. The first kappa shape index (κ1) is 20.2. The summed E-state index contributed by atoms with van der Waals surface area (Å²) in [6.45, 7) is 3.70. The second-order valence-electron chi connectivity index (χ2n) is 5.74. The molecule has 0 radical (unpaired) electrons. The first-order valence-electron chi connectivity index (χ1n) is 8.01. The summed E-state index contributed by atoms with van der Waals surface area (Å²) in [6.07, 6.45) is -0.773. The minimum Gasteiger partial charge on any atom is -0.462 e. The van der Waals surface area contributed by atoms with Crippen LogP contribution in [0.2, 0.25) is 0 Å². The average Bonchev–Trinajstić information content (AvgIpc) is 2.94. The Morgan fingerprint density at radius 2 is 1.93 bits per heavy atom. The average molecular weight is 383 g/mol. The van der Waals surface area contributed by atoms with Crippen LogP contribution in [-0.4, -0.2) is 60.1 Å². The third kappa shape index (κ3) is 4.94. The maximum atomic E-state index is 12.3. The molecule has 0 bridgehead atoms. The van der Waals surface area contributed by atoms with Crippen LogP contribution in [0, 0.1) is 0 Å². The number of aromatic nitrogens is 2. The van der Waals surface area contributed by atoms with E-state index in [1.165, 1.54) is 20.8 Å². The molecular formula is C15H21N5O7. The van der Waals surface area contributed by atoms with Crippen LogP contribution in [-0.2, 0) is 23.8 Å². The summed E-state index contributed by atoms with van der Waals surface area (Å²) in [5.74, 6) is -1.57. The number of esters is 2. The highest BCUT2D eigenvalue weighted by Crippen LogP contribution is 2.26. The molecule has 27 heavy (non-hydrogen) atoms. The Labute approximate surface area is 154 Å². The van der Waals surface area contributed by atoms with Gasteiger partial charge in [-0.1, -0.05) is 0 Å². The molecule has 1 aromatic heterocycles. The van der Waals surface area contributed by atoms with E-state index in [0.717, 1.165) is 4.57 Å². The maximum Gasteiger partial charge on any atom is 0.303 e. The van der Waals surface area contributed by atoms with Crippen LogP contribution < -0.4 is 21.5 Å². The summed E-state index contributed by atoms with van der Waals surface area (Å²) in [4.78, 5) is 51.5. The van der Waals surface area contributed by atoms with Crippen molar-refractivity contribution < 1.29 is 28.6 Å². The number of rotatable bonds is 7. The number of nitrogens with two attached hydrogens (primary N) is 1. The second kappa shape index (κ2) is 8.49. The van der Waals surface area contributed by atoms with E-state index in [-0.39, 0.29) is 44.1 Å². The number of hydrogen-bond donors (Lipinski definition) is 2. The zero-order valence-corrected chi connectivity index (χ0v) is 15.2. The van der Waals surface area contributed by atoms with Gasteiger partial charge in [0.15, 0.2) is 11.9 Å². The molecule has 1 aliphatic rings. The number of carbonyl (C=O) groups is 3. The lowest BCUT2D eigenvalue weighted by Crippen LogP contribution is -2.33. The van der Waals surface area contributed by atoms with Crippen molar-refractivity contribution in [3.8, 4) is 0 Å². The van der Waals surface area contributed by atoms with E-state index in [4.69, 9.17) is 19.9 Å². The van der Waals surface area contributed by atoms with Crippen molar-refractivity contribution in [3.05, 3.63) is 10.4 Å². The monoisotopic (exact) mass is 383 g/mol. The molecule has 1 aromatic rings. The first-order chi connectivity index (χ1) is 12.7. The van der Waals surface area contributed by atoms with Crippen LogP contribution in [0.5, 0.6) is 0 Å². The predicted octanol–water partition coefficient (Wildman–Crippen LogP) is -0.856. The molecule has 12 nitrogen and oxygen atoms in total. The van der Waals surface area contributed by atoms with Crippen LogP contribution >= 0.6 is 0 Å². The lowest BCUT2D eigenvalue weighted by atomic mass is 10.4. The molecule has 0 fully saturated rings. The van der Waals surface area contributed by atoms with Gasteiger partial charge in [0, 0.05) is 20.8 Å². The van der Waals surface area contributed by atoms with Crippen molar-refractivity contribution >= 4 is 35.3 Å². The van der Waals surface area contributed by atoms with E-state index in [2.05, 4.69) is 10.3 Å². The van der Waals surface area contributed by atoms with Crippen molar-refractivity contribution in [2.75, 3.05) is 42.6 Å². The Bertz CT molecular complexity index is 806. The van der Waals surface area contributed by atoms with Gasteiger partial charge in [-0.05, 0) is 0 Å². The molecule has 0 saturated carbocycles. The molecule has 3 N–H and O–H groups in total. The van der Waals surface area contributed by atoms with E-state index >= 15 is 0 Å². The Morgan fingerprint density at radius 3 is 2.52 bits per heavy atom. The molecule has 0 amide bonds. The lowest BCUT2D eigenvalue weighted by Gasteiger charge is -2.21. The van der Waals surface area contributed by atoms with Gasteiger partial charge in [0.2, 0.25) is 11.9 Å². The third-order valence-electron chi connectivity index (χ3n) is 3.51. The van der Waals surface area contributed by atoms with Gasteiger partial charge in [0.05, 0.1) is 13.3 Å². The summed E-state index contributed by atoms with van der Waals surface area (Å²) >= 11 is 0. The van der Waals surface area contributed by atoms with Gasteiger partial charge in [-0.2, -0.15) is 4.98 Å². The molecule has 0 spiro atoms. The van der Waals surface area contributed by atoms with Crippen molar-refractivity contribution in [1.29, 1.82) is 0 Å². The normalized spacial score (nSPS) is 13.5. The van der Waals surface area contributed by atoms with Crippen LogP contribution in [0.1, 0.15) is 25.6 Å². The highest BCUT2D eigenvalue weighted by atomic mass is 16.6. The fraction of sp³-hybridized carbons (Fsp3) is 0.533.